The monoisotopic (exact) mass is 496 g/mol. The lowest BCUT2D eigenvalue weighted by atomic mass is 10.0. The molecule has 190 valence electrons. The number of anilines is 1. The van der Waals surface area contributed by atoms with Crippen molar-refractivity contribution in [1.82, 2.24) is 15.5 Å². The molecule has 35 heavy (non-hydrogen) atoms. The minimum Gasteiger partial charge on any atom is -0.384 e. The zero-order valence-corrected chi connectivity index (χ0v) is 19.0. The van der Waals surface area contributed by atoms with Gasteiger partial charge in [0.1, 0.15) is 6.04 Å². The third-order valence-electron chi connectivity index (χ3n) is 5.93. The Labute approximate surface area is 199 Å². The van der Waals surface area contributed by atoms with E-state index in [1.54, 1.807) is 12.1 Å². The maximum Gasteiger partial charge on any atom is 0.471 e. The van der Waals surface area contributed by atoms with Gasteiger partial charge < -0.3 is 10.6 Å². The molecule has 2 aliphatic rings. The summed E-state index contributed by atoms with van der Waals surface area (Å²) in [4.78, 5) is 61.1. The van der Waals surface area contributed by atoms with Crippen molar-refractivity contribution in [1.29, 1.82) is 0 Å². The third-order valence-corrected chi connectivity index (χ3v) is 5.93. The molecule has 3 N–H and O–H groups in total. The van der Waals surface area contributed by atoms with Gasteiger partial charge in [-0.05, 0) is 31.4 Å². The number of hydrogen-bond acceptors (Lipinski definition) is 6. The van der Waals surface area contributed by atoms with E-state index in [0.29, 0.717) is 25.1 Å². The predicted octanol–water partition coefficient (Wildman–Crippen LogP) is 2.52. The number of piperidine rings is 1. The molecule has 1 aromatic rings. The van der Waals surface area contributed by atoms with E-state index in [4.69, 9.17) is 0 Å². The number of carbonyl (C=O) groups is 5. The molecule has 0 aliphatic carbocycles. The number of nitrogens with one attached hydrogen (secondary N) is 3. The van der Waals surface area contributed by atoms with Gasteiger partial charge in [0.15, 0.2) is 0 Å². The second-order valence-corrected chi connectivity index (χ2v) is 8.48. The number of unbranched alkanes of at least 4 members (excludes halogenated alkanes) is 5. The molecule has 0 aromatic heterocycles. The molecular formula is C23H27F3N4O5. The van der Waals surface area contributed by atoms with Crippen LogP contribution in [0.5, 0.6) is 0 Å². The molecule has 9 nitrogen and oxygen atoms in total. The smallest absolute Gasteiger partial charge is 0.384 e. The highest BCUT2D eigenvalue weighted by Gasteiger charge is 2.45. The maximum absolute atomic E-state index is 13.0. The fraction of sp³-hybridized carbons (Fsp3) is 0.522. The van der Waals surface area contributed by atoms with Crippen molar-refractivity contribution < 1.29 is 37.1 Å². The van der Waals surface area contributed by atoms with E-state index in [1.165, 1.54) is 6.07 Å². The highest BCUT2D eigenvalue weighted by molar-refractivity contribution is 6.25. The summed E-state index contributed by atoms with van der Waals surface area (Å²) in [6.07, 6.45) is -0.239. The Morgan fingerprint density at radius 2 is 1.63 bits per heavy atom. The van der Waals surface area contributed by atoms with Crippen LogP contribution in [0.15, 0.2) is 18.2 Å². The number of hydrogen-bond donors (Lipinski definition) is 3. The summed E-state index contributed by atoms with van der Waals surface area (Å²) in [7, 11) is 0. The number of benzene rings is 1. The summed E-state index contributed by atoms with van der Waals surface area (Å²) >= 11 is 0. The number of alkyl halides is 3. The summed E-state index contributed by atoms with van der Waals surface area (Å²) in [5, 5.41) is 7.17. The molecule has 5 amide bonds. The Morgan fingerprint density at radius 3 is 2.29 bits per heavy atom. The lowest BCUT2D eigenvalue weighted by Gasteiger charge is -2.27. The van der Waals surface area contributed by atoms with E-state index >= 15 is 0 Å². The van der Waals surface area contributed by atoms with Crippen molar-refractivity contribution in [3.05, 3.63) is 29.3 Å². The quantitative estimate of drug-likeness (QED) is 0.320. The lowest BCUT2D eigenvalue weighted by molar-refractivity contribution is -0.173. The molecule has 1 aromatic carbocycles. The molecule has 2 heterocycles. The number of nitrogens with zero attached hydrogens (tertiary/aromatic N) is 1. The Bertz CT molecular complexity index is 1010. The number of halogens is 3. The standard InChI is InChI=1S/C23H27F3N4O5/c24-23(25,26)22(35)28-13-6-4-2-1-3-5-12-27-15-9-7-8-14-18(15)21(34)30(20(14)33)16-10-11-17(31)29-19(16)32/h7-9,16,27H,1-6,10-13H2,(H,28,35)(H,29,31,32). The maximum atomic E-state index is 13.0. The van der Waals surface area contributed by atoms with Crippen molar-refractivity contribution in [2.45, 2.75) is 63.6 Å². The van der Waals surface area contributed by atoms with E-state index in [9.17, 15) is 37.1 Å². The van der Waals surface area contributed by atoms with Crippen LogP contribution in [0.25, 0.3) is 0 Å². The zero-order chi connectivity index (χ0) is 25.6. The summed E-state index contributed by atoms with van der Waals surface area (Å²) in [5.74, 6) is -4.14. The van der Waals surface area contributed by atoms with Crippen molar-refractivity contribution in [2.24, 2.45) is 0 Å². The van der Waals surface area contributed by atoms with Crippen LogP contribution < -0.4 is 16.0 Å². The first-order chi connectivity index (χ1) is 16.6. The molecular weight excluding hydrogens is 469 g/mol. The number of rotatable bonds is 11. The van der Waals surface area contributed by atoms with Gasteiger partial charge in [-0.15, -0.1) is 0 Å². The Balaban J connectivity index is 1.41. The Morgan fingerprint density at radius 1 is 0.971 bits per heavy atom. The van der Waals surface area contributed by atoms with Gasteiger partial charge in [0.05, 0.1) is 11.1 Å². The van der Waals surface area contributed by atoms with Crippen LogP contribution in [0.1, 0.15) is 72.1 Å². The van der Waals surface area contributed by atoms with Gasteiger partial charge in [-0.3, -0.25) is 34.2 Å². The first kappa shape index (κ1) is 26.2. The Hall–Kier alpha value is -3.44. The molecule has 1 atom stereocenters. The number of carbonyl (C=O) groups excluding carboxylic acids is 5. The summed E-state index contributed by atoms with van der Waals surface area (Å²) in [5.41, 5.74) is 0.918. The van der Waals surface area contributed by atoms with E-state index in [2.05, 4.69) is 10.6 Å². The molecule has 0 bridgehead atoms. The largest absolute Gasteiger partial charge is 0.471 e. The molecule has 0 saturated carbocycles. The second kappa shape index (κ2) is 11.3. The van der Waals surface area contributed by atoms with Crippen molar-refractivity contribution in [2.75, 3.05) is 18.4 Å². The fourth-order valence-electron chi connectivity index (χ4n) is 4.14. The van der Waals surface area contributed by atoms with Crippen molar-refractivity contribution >= 4 is 35.2 Å². The van der Waals surface area contributed by atoms with Gasteiger partial charge in [0, 0.05) is 25.2 Å². The molecule has 2 aliphatic heterocycles. The van der Waals surface area contributed by atoms with Crippen LogP contribution in [0.2, 0.25) is 0 Å². The average molecular weight is 496 g/mol. The molecule has 1 fully saturated rings. The highest BCUT2D eigenvalue weighted by atomic mass is 19.4. The van der Waals surface area contributed by atoms with Gasteiger partial charge in [0.2, 0.25) is 11.8 Å². The Kier molecular flexibility index (Phi) is 8.47. The van der Waals surface area contributed by atoms with Crippen LogP contribution in [0.3, 0.4) is 0 Å². The highest BCUT2D eigenvalue weighted by Crippen LogP contribution is 2.32. The van der Waals surface area contributed by atoms with Gasteiger partial charge in [-0.1, -0.05) is 31.7 Å². The molecule has 12 heteroatoms. The number of amides is 5. The topological polar surface area (TPSA) is 125 Å². The zero-order valence-electron chi connectivity index (χ0n) is 19.0. The first-order valence-electron chi connectivity index (χ1n) is 11.5. The fourth-order valence-corrected chi connectivity index (χ4v) is 4.14. The van der Waals surface area contributed by atoms with Gasteiger partial charge in [-0.2, -0.15) is 13.2 Å². The van der Waals surface area contributed by atoms with Crippen LogP contribution in [-0.2, 0) is 14.4 Å². The third kappa shape index (κ3) is 6.37. The second-order valence-electron chi connectivity index (χ2n) is 8.48. The van der Waals surface area contributed by atoms with Crippen molar-refractivity contribution in [3.8, 4) is 0 Å². The first-order valence-corrected chi connectivity index (χ1v) is 11.5. The lowest BCUT2D eigenvalue weighted by Crippen LogP contribution is -2.54. The van der Waals surface area contributed by atoms with Crippen LogP contribution in [0, 0.1) is 0 Å². The molecule has 0 spiro atoms. The average Bonchev–Trinajstić information content (AvgIpc) is 3.05. The summed E-state index contributed by atoms with van der Waals surface area (Å²) in [6.45, 7) is 0.527. The van der Waals surface area contributed by atoms with Gasteiger partial charge >= 0.3 is 12.1 Å². The van der Waals surface area contributed by atoms with E-state index in [1.807, 2.05) is 5.32 Å². The normalized spacial score (nSPS) is 17.9. The van der Waals surface area contributed by atoms with E-state index < -0.39 is 41.8 Å². The van der Waals surface area contributed by atoms with Crippen LogP contribution >= 0.6 is 0 Å². The van der Waals surface area contributed by atoms with Gasteiger partial charge in [-0.25, -0.2) is 0 Å². The molecule has 0 radical (unpaired) electrons. The molecule has 1 saturated heterocycles. The van der Waals surface area contributed by atoms with E-state index in [-0.39, 0.29) is 30.5 Å². The predicted molar refractivity (Wildman–Crippen MR) is 118 cm³/mol. The summed E-state index contributed by atoms with van der Waals surface area (Å²) in [6, 6.07) is 3.85. The number of imide groups is 2. The van der Waals surface area contributed by atoms with Crippen LogP contribution in [-0.4, -0.2) is 59.7 Å². The molecule has 1 unspecified atom stereocenters. The van der Waals surface area contributed by atoms with Gasteiger partial charge in [0.25, 0.3) is 11.8 Å². The number of fused-ring (bicyclic) bond motifs is 1. The van der Waals surface area contributed by atoms with Crippen LogP contribution in [0.4, 0.5) is 18.9 Å². The SMILES string of the molecule is O=C1CCC(N2C(=O)c3cccc(NCCCCCCCCNC(=O)C(F)(F)F)c3C2=O)C(=O)N1. The van der Waals surface area contributed by atoms with E-state index in [0.717, 1.165) is 30.6 Å². The summed E-state index contributed by atoms with van der Waals surface area (Å²) < 4.78 is 36.3. The minimum atomic E-state index is -4.85. The van der Waals surface area contributed by atoms with Crippen molar-refractivity contribution in [3.63, 3.8) is 0 Å². The molecule has 3 rings (SSSR count). The minimum absolute atomic E-state index is 0.0123.